The highest BCUT2D eigenvalue weighted by atomic mass is 35.5. The van der Waals surface area contributed by atoms with Gasteiger partial charge >= 0.3 is 0 Å². The molecule has 0 amide bonds. The third kappa shape index (κ3) is 1.64. The number of pyridine rings is 1. The lowest BCUT2D eigenvalue weighted by Crippen LogP contribution is -1.92. The maximum absolute atomic E-state index is 10.8. The highest BCUT2D eigenvalue weighted by Gasteiger charge is 2.15. The number of rotatable bonds is 1. The van der Waals surface area contributed by atoms with Crippen LogP contribution in [0.2, 0.25) is 5.02 Å². The van der Waals surface area contributed by atoms with E-state index in [9.17, 15) is 10.1 Å². The van der Waals surface area contributed by atoms with E-state index in [4.69, 9.17) is 11.6 Å². The number of halogens is 1. The van der Waals surface area contributed by atoms with Gasteiger partial charge in [0, 0.05) is 17.6 Å². The van der Waals surface area contributed by atoms with E-state index in [0.717, 1.165) is 5.56 Å². The topological polar surface area (TPSA) is 56.0 Å². The minimum atomic E-state index is -0.446. The Labute approximate surface area is 90.7 Å². The van der Waals surface area contributed by atoms with Crippen molar-refractivity contribution in [3.63, 3.8) is 0 Å². The fourth-order valence-corrected chi connectivity index (χ4v) is 1.68. The van der Waals surface area contributed by atoms with Crippen molar-refractivity contribution in [2.24, 2.45) is 0 Å². The van der Waals surface area contributed by atoms with Crippen LogP contribution in [0.25, 0.3) is 10.9 Å². The average molecular weight is 223 g/mol. The zero-order valence-corrected chi connectivity index (χ0v) is 8.65. The van der Waals surface area contributed by atoms with E-state index >= 15 is 0 Å². The molecule has 0 saturated carbocycles. The molecule has 0 aliphatic heterocycles. The minimum absolute atomic E-state index is 0.00694. The lowest BCUT2D eigenvalue weighted by atomic mass is 10.1. The number of aryl methyl sites for hydroxylation is 1. The van der Waals surface area contributed by atoms with Crippen LogP contribution in [-0.2, 0) is 0 Å². The molecule has 76 valence electrons. The average Bonchev–Trinajstić information content (AvgIpc) is 2.18. The molecule has 0 spiro atoms. The normalized spacial score (nSPS) is 10.5. The van der Waals surface area contributed by atoms with Crippen molar-refractivity contribution >= 4 is 28.2 Å². The Bertz CT molecular complexity index is 554. The second-order valence-corrected chi connectivity index (χ2v) is 3.64. The summed E-state index contributed by atoms with van der Waals surface area (Å²) in [5.74, 6) is 0. The summed E-state index contributed by atoms with van der Waals surface area (Å²) < 4.78 is 0. The van der Waals surface area contributed by atoms with Gasteiger partial charge in [-0.05, 0) is 24.6 Å². The molecule has 1 aromatic heterocycles. The fraction of sp³-hybridized carbons (Fsp3) is 0.100. The Hall–Kier alpha value is -1.68. The Morgan fingerprint density at radius 1 is 1.47 bits per heavy atom. The van der Waals surface area contributed by atoms with Gasteiger partial charge in [0.25, 0.3) is 5.69 Å². The number of benzene rings is 1. The van der Waals surface area contributed by atoms with E-state index < -0.39 is 4.92 Å². The monoisotopic (exact) mass is 222 g/mol. The lowest BCUT2D eigenvalue weighted by molar-refractivity contribution is -0.383. The van der Waals surface area contributed by atoms with Gasteiger partial charge in [-0.1, -0.05) is 11.6 Å². The zero-order valence-electron chi connectivity index (χ0n) is 7.90. The second kappa shape index (κ2) is 3.47. The Morgan fingerprint density at radius 3 is 2.87 bits per heavy atom. The molecular weight excluding hydrogens is 216 g/mol. The predicted octanol–water partition coefficient (Wildman–Crippen LogP) is 3.10. The maximum Gasteiger partial charge on any atom is 0.295 e. The van der Waals surface area contributed by atoms with Crippen LogP contribution in [0.3, 0.4) is 0 Å². The number of non-ortho nitro benzene ring substituents is 1. The summed E-state index contributed by atoms with van der Waals surface area (Å²) in [5, 5.41) is 11.9. The molecule has 1 heterocycles. The Kier molecular flexibility index (Phi) is 2.28. The lowest BCUT2D eigenvalue weighted by Gasteiger charge is -2.02. The van der Waals surface area contributed by atoms with Crippen molar-refractivity contribution in [3.05, 3.63) is 45.1 Å². The van der Waals surface area contributed by atoms with E-state index in [1.807, 2.05) is 0 Å². The molecule has 0 aliphatic carbocycles. The van der Waals surface area contributed by atoms with Gasteiger partial charge in [-0.15, -0.1) is 0 Å². The SMILES string of the molecule is Cc1cc([N+](=O)[O-])c2nccc(Cl)c2c1. The van der Waals surface area contributed by atoms with Crippen molar-refractivity contribution in [2.45, 2.75) is 6.92 Å². The summed E-state index contributed by atoms with van der Waals surface area (Å²) in [5.41, 5.74) is 1.12. The largest absolute Gasteiger partial charge is 0.295 e. The van der Waals surface area contributed by atoms with Crippen molar-refractivity contribution in [1.29, 1.82) is 0 Å². The van der Waals surface area contributed by atoms with E-state index in [1.165, 1.54) is 12.3 Å². The van der Waals surface area contributed by atoms with Crippen LogP contribution < -0.4 is 0 Å². The second-order valence-electron chi connectivity index (χ2n) is 3.23. The molecule has 1 aromatic carbocycles. The summed E-state index contributed by atoms with van der Waals surface area (Å²) >= 11 is 5.94. The molecule has 5 heteroatoms. The van der Waals surface area contributed by atoms with Crippen LogP contribution in [0.5, 0.6) is 0 Å². The van der Waals surface area contributed by atoms with Gasteiger partial charge in [0.15, 0.2) is 0 Å². The highest BCUT2D eigenvalue weighted by molar-refractivity contribution is 6.35. The first-order valence-electron chi connectivity index (χ1n) is 4.29. The molecule has 2 aromatic rings. The number of nitrogens with zero attached hydrogens (tertiary/aromatic N) is 2. The zero-order chi connectivity index (χ0) is 11.0. The highest BCUT2D eigenvalue weighted by Crippen LogP contribution is 2.29. The minimum Gasteiger partial charge on any atom is -0.258 e. The molecule has 15 heavy (non-hydrogen) atoms. The van der Waals surface area contributed by atoms with E-state index in [1.54, 1.807) is 19.1 Å². The van der Waals surface area contributed by atoms with Crippen LogP contribution in [0, 0.1) is 17.0 Å². The molecule has 0 aliphatic rings. The van der Waals surface area contributed by atoms with Crippen molar-refractivity contribution in [1.82, 2.24) is 4.98 Å². The van der Waals surface area contributed by atoms with Crippen LogP contribution in [-0.4, -0.2) is 9.91 Å². The molecule has 0 bridgehead atoms. The molecule has 4 nitrogen and oxygen atoms in total. The molecule has 0 saturated heterocycles. The van der Waals surface area contributed by atoms with Gasteiger partial charge in [0.1, 0.15) is 5.52 Å². The summed E-state index contributed by atoms with van der Waals surface area (Å²) in [6, 6.07) is 4.90. The summed E-state index contributed by atoms with van der Waals surface area (Å²) in [6.07, 6.45) is 1.47. The van der Waals surface area contributed by atoms with E-state index in [-0.39, 0.29) is 5.69 Å². The van der Waals surface area contributed by atoms with Gasteiger partial charge in [-0.3, -0.25) is 10.1 Å². The van der Waals surface area contributed by atoms with Gasteiger partial charge in [-0.2, -0.15) is 0 Å². The first kappa shape index (κ1) is 9.86. The number of aromatic nitrogens is 1. The van der Waals surface area contributed by atoms with Crippen LogP contribution >= 0.6 is 11.6 Å². The standard InChI is InChI=1S/C10H7ClN2O2/c1-6-4-7-8(11)2-3-12-10(7)9(5-6)13(14)15/h2-5H,1H3. The number of nitro groups is 1. The van der Waals surface area contributed by atoms with Gasteiger partial charge in [0.05, 0.1) is 9.95 Å². The fourth-order valence-electron chi connectivity index (χ4n) is 1.48. The Morgan fingerprint density at radius 2 is 2.20 bits per heavy atom. The van der Waals surface area contributed by atoms with E-state index in [0.29, 0.717) is 15.9 Å². The van der Waals surface area contributed by atoms with Crippen molar-refractivity contribution in [2.75, 3.05) is 0 Å². The van der Waals surface area contributed by atoms with Crippen molar-refractivity contribution in [3.8, 4) is 0 Å². The quantitative estimate of drug-likeness (QED) is 0.550. The van der Waals surface area contributed by atoms with Gasteiger partial charge < -0.3 is 0 Å². The molecule has 0 radical (unpaired) electrons. The van der Waals surface area contributed by atoms with E-state index in [2.05, 4.69) is 4.98 Å². The Balaban J connectivity index is 2.92. The molecule has 0 atom stereocenters. The summed E-state index contributed by atoms with van der Waals surface area (Å²) in [6.45, 7) is 1.79. The van der Waals surface area contributed by atoms with Crippen LogP contribution in [0.15, 0.2) is 24.4 Å². The third-order valence-electron chi connectivity index (χ3n) is 2.11. The molecule has 0 unspecified atom stereocenters. The number of nitro benzene ring substituents is 1. The first-order valence-corrected chi connectivity index (χ1v) is 4.66. The molecule has 0 N–H and O–H groups in total. The van der Waals surface area contributed by atoms with Gasteiger partial charge in [0.2, 0.25) is 0 Å². The van der Waals surface area contributed by atoms with Crippen LogP contribution in [0.4, 0.5) is 5.69 Å². The first-order chi connectivity index (χ1) is 7.09. The molecule has 2 rings (SSSR count). The number of fused-ring (bicyclic) bond motifs is 1. The number of hydrogen-bond donors (Lipinski definition) is 0. The maximum atomic E-state index is 10.8. The summed E-state index contributed by atoms with van der Waals surface area (Å²) in [7, 11) is 0. The summed E-state index contributed by atoms with van der Waals surface area (Å²) in [4.78, 5) is 14.3. The number of hydrogen-bond acceptors (Lipinski definition) is 3. The molecular formula is C10H7ClN2O2. The third-order valence-corrected chi connectivity index (χ3v) is 2.44. The predicted molar refractivity (Wildman–Crippen MR) is 58.1 cm³/mol. The van der Waals surface area contributed by atoms with Crippen molar-refractivity contribution < 1.29 is 4.92 Å². The smallest absolute Gasteiger partial charge is 0.258 e. The molecule has 0 fully saturated rings. The van der Waals surface area contributed by atoms with Crippen LogP contribution in [0.1, 0.15) is 5.56 Å². The van der Waals surface area contributed by atoms with Gasteiger partial charge in [-0.25, -0.2) is 4.98 Å².